The van der Waals surface area contributed by atoms with Crippen LogP contribution in [0.5, 0.6) is 0 Å². The Bertz CT molecular complexity index is 114. The minimum Gasteiger partial charge on any atom is -0.206 e. The van der Waals surface area contributed by atoms with Crippen LogP contribution < -0.4 is 0 Å². The van der Waals surface area contributed by atoms with E-state index in [2.05, 4.69) is 15.9 Å². The maximum atomic E-state index is 12.8. The van der Waals surface area contributed by atoms with Crippen molar-refractivity contribution in [3.05, 3.63) is 0 Å². The second kappa shape index (κ2) is 3.16. The van der Waals surface area contributed by atoms with Gasteiger partial charge in [-0.2, -0.15) is 0 Å². The highest BCUT2D eigenvalue weighted by Gasteiger charge is 2.37. The fourth-order valence-electron chi connectivity index (χ4n) is 1.23. The Balaban J connectivity index is 2.52. The zero-order valence-corrected chi connectivity index (χ0v) is 7.33. The highest BCUT2D eigenvalue weighted by molar-refractivity contribution is 9.09. The van der Waals surface area contributed by atoms with Crippen LogP contribution in [0.3, 0.4) is 0 Å². The fraction of sp³-hybridized carbons (Fsp3) is 1.00. The van der Waals surface area contributed by atoms with Gasteiger partial charge in [0.05, 0.1) is 4.83 Å². The topological polar surface area (TPSA) is 0 Å². The van der Waals surface area contributed by atoms with E-state index < -0.39 is 10.7 Å². The molecular weight excluding hydrogens is 202 g/mol. The number of hydrogen-bond donors (Lipinski definition) is 0. The van der Waals surface area contributed by atoms with Crippen molar-refractivity contribution in [2.24, 2.45) is 0 Å². The van der Waals surface area contributed by atoms with Gasteiger partial charge in [0, 0.05) is 6.42 Å². The minimum absolute atomic E-state index is 0.0584. The molecule has 0 aromatic heterocycles. The molecule has 1 aliphatic carbocycles. The van der Waals surface area contributed by atoms with E-state index in [0.717, 1.165) is 12.8 Å². The first-order valence-corrected chi connectivity index (χ1v) is 4.56. The lowest BCUT2D eigenvalue weighted by Crippen LogP contribution is -2.26. The smallest absolute Gasteiger partial charge is 0.206 e. The normalized spacial score (nSPS) is 33.3. The van der Waals surface area contributed by atoms with Gasteiger partial charge in [0.25, 0.3) is 5.92 Å². The predicted octanol–water partition coefficient (Wildman–Crippen LogP) is 3.35. The van der Waals surface area contributed by atoms with Gasteiger partial charge >= 0.3 is 0 Å². The van der Waals surface area contributed by atoms with Gasteiger partial charge in [-0.3, -0.25) is 0 Å². The van der Waals surface area contributed by atoms with Gasteiger partial charge < -0.3 is 0 Å². The third-order valence-electron chi connectivity index (χ3n) is 1.93. The molecule has 0 N–H and O–H groups in total. The van der Waals surface area contributed by atoms with Crippen LogP contribution >= 0.6 is 15.9 Å². The quantitative estimate of drug-likeness (QED) is 0.427. The van der Waals surface area contributed by atoms with Crippen LogP contribution in [0.4, 0.5) is 8.78 Å². The van der Waals surface area contributed by atoms with Crippen molar-refractivity contribution < 1.29 is 8.78 Å². The van der Waals surface area contributed by atoms with Gasteiger partial charge in [-0.15, -0.1) is 0 Å². The summed E-state index contributed by atoms with van der Waals surface area (Å²) in [6, 6.07) is 0. The lowest BCUT2D eigenvalue weighted by molar-refractivity contribution is -0.00565. The van der Waals surface area contributed by atoms with Gasteiger partial charge in [-0.25, -0.2) is 8.78 Å². The van der Waals surface area contributed by atoms with Crippen LogP contribution in [0.2, 0.25) is 0 Å². The van der Waals surface area contributed by atoms with E-state index in [0.29, 0.717) is 12.8 Å². The molecule has 0 saturated heterocycles. The maximum absolute atomic E-state index is 12.8. The second-order valence-electron chi connectivity index (χ2n) is 2.83. The predicted molar refractivity (Wildman–Crippen MR) is 40.7 cm³/mol. The number of hydrogen-bond acceptors (Lipinski definition) is 0. The molecule has 1 rings (SSSR count). The van der Waals surface area contributed by atoms with Gasteiger partial charge in [0.2, 0.25) is 0 Å². The molecule has 0 aromatic carbocycles. The Morgan fingerprint density at radius 3 is 2.60 bits per heavy atom. The minimum atomic E-state index is -2.46. The molecule has 10 heavy (non-hydrogen) atoms. The van der Waals surface area contributed by atoms with Gasteiger partial charge in [-0.05, 0) is 12.8 Å². The van der Waals surface area contributed by atoms with Crippen molar-refractivity contribution in [2.45, 2.75) is 42.9 Å². The van der Waals surface area contributed by atoms with Crippen LogP contribution in [0.25, 0.3) is 0 Å². The molecule has 0 bridgehead atoms. The number of alkyl halides is 3. The molecule has 0 spiro atoms. The Kier molecular flexibility index (Phi) is 2.67. The highest BCUT2D eigenvalue weighted by Crippen LogP contribution is 2.36. The largest absolute Gasteiger partial charge is 0.260 e. The fourth-order valence-corrected chi connectivity index (χ4v) is 1.78. The zero-order chi connectivity index (χ0) is 7.61. The molecule has 1 saturated carbocycles. The summed E-state index contributed by atoms with van der Waals surface area (Å²) in [6.45, 7) is 0. The molecule has 1 atom stereocenters. The Labute approximate surface area is 68.1 Å². The average Bonchev–Trinajstić information content (AvgIpc) is 1.96. The summed E-state index contributed by atoms with van der Waals surface area (Å²) < 4.78 is 25.6. The van der Waals surface area contributed by atoms with Crippen LogP contribution in [-0.2, 0) is 0 Å². The standard InChI is InChI=1S/C7H11BrF2/c8-6-4-2-1-3-5-7(6,9)10/h6H,1-5H2. The van der Waals surface area contributed by atoms with Crippen molar-refractivity contribution in [3.63, 3.8) is 0 Å². The first-order valence-electron chi connectivity index (χ1n) is 3.65. The van der Waals surface area contributed by atoms with Crippen molar-refractivity contribution in [3.8, 4) is 0 Å². The Morgan fingerprint density at radius 2 is 1.90 bits per heavy atom. The van der Waals surface area contributed by atoms with Crippen LogP contribution in [0, 0.1) is 0 Å². The van der Waals surface area contributed by atoms with Crippen molar-refractivity contribution in [2.75, 3.05) is 0 Å². The molecular formula is C7H11BrF2. The molecule has 0 amide bonds. The van der Waals surface area contributed by atoms with Gasteiger partial charge in [0.1, 0.15) is 0 Å². The van der Waals surface area contributed by atoms with E-state index in [1.54, 1.807) is 0 Å². The van der Waals surface area contributed by atoms with E-state index >= 15 is 0 Å². The van der Waals surface area contributed by atoms with Crippen LogP contribution in [0.15, 0.2) is 0 Å². The summed E-state index contributed by atoms with van der Waals surface area (Å²) in [7, 11) is 0. The third kappa shape index (κ3) is 1.91. The molecule has 1 fully saturated rings. The molecule has 0 aromatic rings. The Hall–Kier alpha value is 0.340. The maximum Gasteiger partial charge on any atom is 0.260 e. The molecule has 1 aliphatic rings. The molecule has 1 unspecified atom stereocenters. The summed E-state index contributed by atoms with van der Waals surface area (Å²) in [5, 5.41) is 0. The van der Waals surface area contributed by atoms with E-state index in [1.807, 2.05) is 0 Å². The summed E-state index contributed by atoms with van der Waals surface area (Å²) >= 11 is 3.01. The van der Waals surface area contributed by atoms with E-state index in [-0.39, 0.29) is 6.42 Å². The molecule has 0 radical (unpaired) electrons. The monoisotopic (exact) mass is 212 g/mol. The molecule has 3 heteroatoms. The zero-order valence-electron chi connectivity index (χ0n) is 5.75. The number of rotatable bonds is 0. The van der Waals surface area contributed by atoms with Crippen molar-refractivity contribution >= 4 is 15.9 Å². The van der Waals surface area contributed by atoms with Crippen molar-refractivity contribution in [1.29, 1.82) is 0 Å². The highest BCUT2D eigenvalue weighted by atomic mass is 79.9. The molecule has 60 valence electrons. The van der Waals surface area contributed by atoms with Gasteiger partial charge in [0.15, 0.2) is 0 Å². The average molecular weight is 213 g/mol. The summed E-state index contributed by atoms with van der Waals surface area (Å²) in [5.74, 6) is -2.46. The first-order chi connectivity index (χ1) is 4.63. The van der Waals surface area contributed by atoms with Crippen LogP contribution in [-0.4, -0.2) is 10.7 Å². The van der Waals surface area contributed by atoms with Crippen molar-refractivity contribution in [1.82, 2.24) is 0 Å². The van der Waals surface area contributed by atoms with Crippen LogP contribution in [0.1, 0.15) is 32.1 Å². The summed E-state index contributed by atoms with van der Waals surface area (Å²) in [4.78, 5) is -0.581. The third-order valence-corrected chi connectivity index (χ3v) is 3.05. The second-order valence-corrected chi connectivity index (χ2v) is 3.93. The molecule has 0 aliphatic heterocycles. The summed E-state index contributed by atoms with van der Waals surface area (Å²) in [5.41, 5.74) is 0. The first kappa shape index (κ1) is 8.44. The SMILES string of the molecule is FC1(F)CCCCCC1Br. The number of halogens is 3. The molecule has 0 nitrogen and oxygen atoms in total. The lowest BCUT2D eigenvalue weighted by atomic mass is 10.1. The lowest BCUT2D eigenvalue weighted by Gasteiger charge is -2.18. The van der Waals surface area contributed by atoms with E-state index in [1.165, 1.54) is 0 Å². The van der Waals surface area contributed by atoms with Gasteiger partial charge in [-0.1, -0.05) is 28.8 Å². The van der Waals surface area contributed by atoms with E-state index in [4.69, 9.17) is 0 Å². The van der Waals surface area contributed by atoms with E-state index in [9.17, 15) is 8.78 Å². The Morgan fingerprint density at radius 1 is 1.20 bits per heavy atom. The molecule has 0 heterocycles. The summed E-state index contributed by atoms with van der Waals surface area (Å²) in [6.07, 6.45) is 3.24.